The Bertz CT molecular complexity index is 986. The van der Waals surface area contributed by atoms with E-state index in [9.17, 15) is 9.59 Å². The molecule has 0 bridgehead atoms. The summed E-state index contributed by atoms with van der Waals surface area (Å²) in [7, 11) is 1.50. The molecule has 3 aromatic rings. The lowest BCUT2D eigenvalue weighted by Gasteiger charge is -2.15. The van der Waals surface area contributed by atoms with Gasteiger partial charge in [-0.15, -0.1) is 10.2 Å². The van der Waals surface area contributed by atoms with Gasteiger partial charge in [-0.1, -0.05) is 30.3 Å². The van der Waals surface area contributed by atoms with Crippen molar-refractivity contribution in [1.82, 2.24) is 20.2 Å². The third kappa shape index (κ3) is 4.32. The molecule has 0 saturated carbocycles. The molecule has 0 aliphatic rings. The van der Waals surface area contributed by atoms with Gasteiger partial charge >= 0.3 is 0 Å². The third-order valence-corrected chi connectivity index (χ3v) is 3.96. The van der Waals surface area contributed by atoms with Gasteiger partial charge in [-0.2, -0.15) is 4.80 Å². The van der Waals surface area contributed by atoms with Gasteiger partial charge in [0.1, 0.15) is 11.8 Å². The number of benzene rings is 2. The van der Waals surface area contributed by atoms with Crippen molar-refractivity contribution in [3.63, 3.8) is 0 Å². The Morgan fingerprint density at radius 2 is 1.86 bits per heavy atom. The van der Waals surface area contributed by atoms with Crippen LogP contribution in [-0.4, -0.2) is 39.1 Å². The van der Waals surface area contributed by atoms with Crippen LogP contribution >= 0.6 is 0 Å². The fourth-order valence-corrected chi connectivity index (χ4v) is 2.52. The summed E-state index contributed by atoms with van der Waals surface area (Å²) >= 11 is 0. The molecule has 0 aliphatic heterocycles. The highest BCUT2D eigenvalue weighted by atomic mass is 16.5. The van der Waals surface area contributed by atoms with E-state index >= 15 is 0 Å². The number of aromatic nitrogens is 4. The number of amides is 2. The summed E-state index contributed by atoms with van der Waals surface area (Å²) in [5.41, 5.74) is 1.78. The summed E-state index contributed by atoms with van der Waals surface area (Å²) in [6.07, 6.45) is 0. The second-order valence-electron chi connectivity index (χ2n) is 6.06. The molecule has 2 aromatic carbocycles. The van der Waals surface area contributed by atoms with Crippen LogP contribution in [0.2, 0.25) is 0 Å². The second kappa shape index (κ2) is 8.30. The van der Waals surface area contributed by atoms with Crippen molar-refractivity contribution in [2.75, 3.05) is 17.7 Å². The van der Waals surface area contributed by atoms with Crippen LogP contribution in [0, 0.1) is 0 Å². The van der Waals surface area contributed by atoms with E-state index < -0.39 is 6.04 Å². The zero-order valence-electron chi connectivity index (χ0n) is 15.7. The highest BCUT2D eigenvalue weighted by Crippen LogP contribution is 2.28. The average molecular weight is 380 g/mol. The molecule has 0 unspecified atom stereocenters. The van der Waals surface area contributed by atoms with Gasteiger partial charge in [0.2, 0.25) is 11.7 Å². The standard InChI is InChI=1S/C19H20N6O3/c1-12(25-23-18(22-24-25)14-7-5-4-6-8-14)19(27)21-16-11-15(20-13(2)26)9-10-17(16)28-3/h4-12H,1-3H3,(H,20,26)(H,21,27)/t12-/m1/s1. The van der Waals surface area contributed by atoms with Gasteiger partial charge in [-0.05, 0) is 30.3 Å². The maximum Gasteiger partial charge on any atom is 0.250 e. The number of hydrogen-bond acceptors (Lipinski definition) is 6. The molecule has 3 rings (SSSR count). The van der Waals surface area contributed by atoms with Crippen LogP contribution in [0.15, 0.2) is 48.5 Å². The number of carbonyl (C=O) groups is 2. The lowest BCUT2D eigenvalue weighted by molar-refractivity contribution is -0.119. The van der Waals surface area contributed by atoms with Gasteiger partial charge < -0.3 is 15.4 Å². The van der Waals surface area contributed by atoms with Crippen molar-refractivity contribution in [3.8, 4) is 17.1 Å². The minimum absolute atomic E-state index is 0.212. The number of methoxy groups -OCH3 is 1. The van der Waals surface area contributed by atoms with Gasteiger partial charge in [0.25, 0.3) is 5.91 Å². The highest BCUT2D eigenvalue weighted by Gasteiger charge is 2.20. The zero-order chi connectivity index (χ0) is 20.1. The summed E-state index contributed by atoms with van der Waals surface area (Å²) in [6.45, 7) is 3.07. The van der Waals surface area contributed by atoms with Gasteiger partial charge in [-0.3, -0.25) is 9.59 Å². The largest absolute Gasteiger partial charge is 0.495 e. The zero-order valence-corrected chi connectivity index (χ0v) is 15.7. The predicted octanol–water partition coefficient (Wildman–Crippen LogP) is 2.51. The lowest BCUT2D eigenvalue weighted by Crippen LogP contribution is -2.25. The molecule has 1 aromatic heterocycles. The van der Waals surface area contributed by atoms with Crippen LogP contribution in [0.5, 0.6) is 5.75 Å². The molecule has 1 heterocycles. The van der Waals surface area contributed by atoms with Crippen LogP contribution in [-0.2, 0) is 9.59 Å². The minimum Gasteiger partial charge on any atom is -0.495 e. The molecule has 0 spiro atoms. The molecule has 9 heteroatoms. The van der Waals surface area contributed by atoms with Gasteiger partial charge in [0.05, 0.1) is 12.8 Å². The Morgan fingerprint density at radius 3 is 2.54 bits per heavy atom. The van der Waals surface area contributed by atoms with E-state index in [2.05, 4.69) is 26.0 Å². The molecular weight excluding hydrogens is 360 g/mol. The fourth-order valence-electron chi connectivity index (χ4n) is 2.52. The quantitative estimate of drug-likeness (QED) is 0.680. The van der Waals surface area contributed by atoms with E-state index in [-0.39, 0.29) is 11.8 Å². The van der Waals surface area contributed by atoms with Crippen molar-refractivity contribution in [1.29, 1.82) is 0 Å². The van der Waals surface area contributed by atoms with Gasteiger partial charge in [0.15, 0.2) is 0 Å². The first-order valence-electron chi connectivity index (χ1n) is 8.59. The number of nitrogens with zero attached hydrogens (tertiary/aromatic N) is 4. The monoisotopic (exact) mass is 380 g/mol. The summed E-state index contributed by atoms with van der Waals surface area (Å²) in [6, 6.07) is 13.6. The Balaban J connectivity index is 1.77. The molecule has 2 amide bonds. The Labute approximate surface area is 161 Å². The first kappa shape index (κ1) is 19.0. The van der Waals surface area contributed by atoms with E-state index in [0.29, 0.717) is 22.9 Å². The van der Waals surface area contributed by atoms with Crippen molar-refractivity contribution in [3.05, 3.63) is 48.5 Å². The van der Waals surface area contributed by atoms with Crippen LogP contribution in [0.3, 0.4) is 0 Å². The Hall–Kier alpha value is -3.75. The van der Waals surface area contributed by atoms with Crippen molar-refractivity contribution in [2.45, 2.75) is 19.9 Å². The summed E-state index contributed by atoms with van der Waals surface area (Å²) in [5, 5.41) is 17.7. The summed E-state index contributed by atoms with van der Waals surface area (Å²) in [5.74, 6) is 0.336. The van der Waals surface area contributed by atoms with Crippen molar-refractivity contribution in [2.24, 2.45) is 0 Å². The minimum atomic E-state index is -0.709. The molecule has 0 fully saturated rings. The van der Waals surface area contributed by atoms with Gasteiger partial charge in [0, 0.05) is 18.2 Å². The number of rotatable bonds is 6. The molecular formula is C19H20N6O3. The fraction of sp³-hybridized carbons (Fsp3) is 0.211. The first-order chi connectivity index (χ1) is 13.5. The summed E-state index contributed by atoms with van der Waals surface area (Å²) in [4.78, 5) is 25.2. The van der Waals surface area contributed by atoms with Crippen molar-refractivity contribution >= 4 is 23.2 Å². The number of nitrogens with one attached hydrogen (secondary N) is 2. The number of carbonyl (C=O) groups excluding carboxylic acids is 2. The molecule has 9 nitrogen and oxygen atoms in total. The number of tetrazole rings is 1. The van der Waals surface area contributed by atoms with E-state index in [4.69, 9.17) is 4.74 Å². The molecule has 28 heavy (non-hydrogen) atoms. The topological polar surface area (TPSA) is 111 Å². The van der Waals surface area contributed by atoms with Crippen LogP contribution in [0.4, 0.5) is 11.4 Å². The average Bonchev–Trinajstić information content (AvgIpc) is 3.18. The van der Waals surface area contributed by atoms with Gasteiger partial charge in [-0.25, -0.2) is 0 Å². The third-order valence-electron chi connectivity index (χ3n) is 3.96. The lowest BCUT2D eigenvalue weighted by atomic mass is 10.2. The molecule has 2 N–H and O–H groups in total. The molecule has 144 valence electrons. The number of ether oxygens (including phenoxy) is 1. The smallest absolute Gasteiger partial charge is 0.250 e. The van der Waals surface area contributed by atoms with E-state index in [1.54, 1.807) is 25.1 Å². The Morgan fingerprint density at radius 1 is 1.11 bits per heavy atom. The van der Waals surface area contributed by atoms with Crippen LogP contribution in [0.25, 0.3) is 11.4 Å². The SMILES string of the molecule is COc1ccc(NC(C)=O)cc1NC(=O)[C@@H](C)n1nnc(-c2ccccc2)n1. The normalized spacial score (nSPS) is 11.5. The van der Waals surface area contributed by atoms with E-state index in [0.717, 1.165) is 5.56 Å². The number of anilines is 2. The van der Waals surface area contributed by atoms with Crippen LogP contribution in [0.1, 0.15) is 19.9 Å². The van der Waals surface area contributed by atoms with Crippen LogP contribution < -0.4 is 15.4 Å². The van der Waals surface area contributed by atoms with E-state index in [1.165, 1.54) is 18.8 Å². The predicted molar refractivity (Wildman–Crippen MR) is 104 cm³/mol. The maximum absolute atomic E-state index is 12.7. The first-order valence-corrected chi connectivity index (χ1v) is 8.59. The molecule has 0 saturated heterocycles. The second-order valence-corrected chi connectivity index (χ2v) is 6.06. The van der Waals surface area contributed by atoms with Crippen molar-refractivity contribution < 1.29 is 14.3 Å². The Kier molecular flexibility index (Phi) is 5.64. The molecule has 1 atom stereocenters. The molecule has 0 aliphatic carbocycles. The summed E-state index contributed by atoms with van der Waals surface area (Å²) < 4.78 is 5.28. The van der Waals surface area contributed by atoms with E-state index in [1.807, 2.05) is 30.3 Å². The highest BCUT2D eigenvalue weighted by molar-refractivity contribution is 5.96. The maximum atomic E-state index is 12.7. The number of hydrogen-bond donors (Lipinski definition) is 2. The molecule has 0 radical (unpaired) electrons.